The molecular weight excluding hydrogens is 420 g/mol. The molecule has 0 bridgehead atoms. The Labute approximate surface area is 196 Å². The molecule has 0 aliphatic heterocycles. The first-order valence-corrected chi connectivity index (χ1v) is 11.7. The molecule has 0 saturated heterocycles. The highest BCUT2D eigenvalue weighted by Crippen LogP contribution is 2.44. The van der Waals surface area contributed by atoms with Crippen LogP contribution in [0.5, 0.6) is 0 Å². The van der Waals surface area contributed by atoms with Crippen LogP contribution in [0.4, 0.5) is 11.6 Å². The Bertz CT molecular complexity index is 843. The van der Waals surface area contributed by atoms with Crippen LogP contribution < -0.4 is 10.6 Å². The summed E-state index contributed by atoms with van der Waals surface area (Å²) >= 11 is 0. The molecule has 10 heteroatoms. The molecule has 2 N–H and O–H groups in total. The molecule has 2 amide bonds. The van der Waals surface area contributed by atoms with E-state index in [0.29, 0.717) is 24.5 Å². The van der Waals surface area contributed by atoms with Crippen molar-refractivity contribution in [3.8, 4) is 0 Å². The van der Waals surface area contributed by atoms with Crippen molar-refractivity contribution < 1.29 is 9.59 Å². The SMILES string of the molecule is CN(C)CCn1ccc(NC(=O)CC2(CC(=O)Nc3ccn(CCN(C)C)n3)CCCC2)n1. The van der Waals surface area contributed by atoms with Gasteiger partial charge < -0.3 is 20.4 Å². The van der Waals surface area contributed by atoms with Crippen LogP contribution in [0.1, 0.15) is 38.5 Å². The van der Waals surface area contributed by atoms with E-state index in [-0.39, 0.29) is 17.2 Å². The Hall–Kier alpha value is -2.72. The lowest BCUT2D eigenvalue weighted by atomic mass is 9.79. The second-order valence-electron chi connectivity index (χ2n) is 9.69. The van der Waals surface area contributed by atoms with Crippen molar-refractivity contribution in [3.63, 3.8) is 0 Å². The lowest BCUT2D eigenvalue weighted by molar-refractivity contribution is -0.121. The zero-order chi connectivity index (χ0) is 23.8. The van der Waals surface area contributed by atoms with E-state index >= 15 is 0 Å². The maximum Gasteiger partial charge on any atom is 0.226 e. The summed E-state index contributed by atoms with van der Waals surface area (Å²) in [6.45, 7) is 3.28. The fraction of sp³-hybridized carbons (Fsp3) is 0.652. The van der Waals surface area contributed by atoms with Gasteiger partial charge in [-0.25, -0.2) is 0 Å². The molecule has 2 heterocycles. The predicted molar refractivity (Wildman–Crippen MR) is 129 cm³/mol. The van der Waals surface area contributed by atoms with Crippen LogP contribution in [0.15, 0.2) is 24.5 Å². The third-order valence-corrected chi connectivity index (χ3v) is 6.10. The average Bonchev–Trinajstić information content (AvgIpc) is 3.47. The zero-order valence-corrected chi connectivity index (χ0v) is 20.4. The molecule has 1 saturated carbocycles. The van der Waals surface area contributed by atoms with E-state index in [1.165, 1.54) is 0 Å². The normalized spacial score (nSPS) is 15.3. The molecule has 3 rings (SSSR count). The maximum atomic E-state index is 12.8. The first kappa shape index (κ1) is 24.9. The highest BCUT2D eigenvalue weighted by Gasteiger charge is 2.38. The van der Waals surface area contributed by atoms with Gasteiger partial charge in [0.1, 0.15) is 0 Å². The second-order valence-corrected chi connectivity index (χ2v) is 9.69. The van der Waals surface area contributed by atoms with Crippen molar-refractivity contribution in [2.75, 3.05) is 51.9 Å². The van der Waals surface area contributed by atoms with Gasteiger partial charge in [-0.1, -0.05) is 12.8 Å². The smallest absolute Gasteiger partial charge is 0.226 e. The number of amides is 2. The summed E-state index contributed by atoms with van der Waals surface area (Å²) in [7, 11) is 8.06. The Kier molecular flexibility index (Phi) is 8.62. The summed E-state index contributed by atoms with van der Waals surface area (Å²) in [6.07, 6.45) is 8.22. The molecule has 182 valence electrons. The van der Waals surface area contributed by atoms with Crippen molar-refractivity contribution in [1.82, 2.24) is 29.4 Å². The molecule has 2 aromatic heterocycles. The molecular formula is C23H38N8O2. The van der Waals surface area contributed by atoms with Crippen molar-refractivity contribution in [1.29, 1.82) is 0 Å². The van der Waals surface area contributed by atoms with Gasteiger partial charge in [0, 0.05) is 50.5 Å². The monoisotopic (exact) mass is 458 g/mol. The van der Waals surface area contributed by atoms with Gasteiger partial charge in [-0.2, -0.15) is 10.2 Å². The molecule has 1 aliphatic rings. The van der Waals surface area contributed by atoms with E-state index in [9.17, 15) is 9.59 Å². The number of hydrogen-bond acceptors (Lipinski definition) is 6. The summed E-state index contributed by atoms with van der Waals surface area (Å²) in [4.78, 5) is 29.8. The first-order chi connectivity index (χ1) is 15.7. The topological polar surface area (TPSA) is 100 Å². The third-order valence-electron chi connectivity index (χ3n) is 6.10. The third kappa shape index (κ3) is 7.97. The standard InChI is InChI=1S/C23H38N8O2/c1-28(2)13-15-30-11-7-19(26-30)24-21(32)17-23(9-5-6-10-23)18-22(33)25-20-8-12-31(27-20)16-14-29(3)4/h7-8,11-12H,5-6,9-10,13-18H2,1-4H3,(H,24,26,32)(H,25,27,33). The van der Waals surface area contributed by atoms with Gasteiger partial charge in [0.25, 0.3) is 0 Å². The van der Waals surface area contributed by atoms with Gasteiger partial charge in [-0.3, -0.25) is 19.0 Å². The van der Waals surface area contributed by atoms with Crippen LogP contribution in [0.3, 0.4) is 0 Å². The Morgan fingerprint density at radius 3 is 1.67 bits per heavy atom. The minimum Gasteiger partial charge on any atom is -0.309 e. The van der Waals surface area contributed by atoms with Gasteiger partial charge in [0.15, 0.2) is 11.6 Å². The van der Waals surface area contributed by atoms with E-state index in [4.69, 9.17) is 0 Å². The van der Waals surface area contributed by atoms with E-state index in [1.54, 1.807) is 0 Å². The Morgan fingerprint density at radius 2 is 1.27 bits per heavy atom. The molecule has 0 radical (unpaired) electrons. The number of nitrogens with one attached hydrogen (secondary N) is 2. The molecule has 1 aliphatic carbocycles. The molecule has 0 aromatic carbocycles. The summed E-state index contributed by atoms with van der Waals surface area (Å²) in [5.74, 6) is 0.935. The van der Waals surface area contributed by atoms with E-state index in [1.807, 2.05) is 62.1 Å². The van der Waals surface area contributed by atoms with Crippen LogP contribution >= 0.6 is 0 Å². The summed E-state index contributed by atoms with van der Waals surface area (Å²) in [5.41, 5.74) is -0.310. The van der Waals surface area contributed by atoms with Crippen molar-refractivity contribution >= 4 is 23.5 Å². The number of nitrogens with zero attached hydrogens (tertiary/aromatic N) is 6. The van der Waals surface area contributed by atoms with E-state index < -0.39 is 0 Å². The average molecular weight is 459 g/mol. The minimum atomic E-state index is -0.310. The summed E-state index contributed by atoms with van der Waals surface area (Å²) in [6, 6.07) is 3.63. The number of hydrogen-bond donors (Lipinski definition) is 2. The molecule has 0 atom stereocenters. The van der Waals surface area contributed by atoms with Gasteiger partial charge >= 0.3 is 0 Å². The highest BCUT2D eigenvalue weighted by atomic mass is 16.2. The van der Waals surface area contributed by atoms with Crippen molar-refractivity contribution in [2.24, 2.45) is 5.41 Å². The number of carbonyl (C=O) groups excluding carboxylic acids is 2. The molecule has 1 fully saturated rings. The number of anilines is 2. The van der Waals surface area contributed by atoms with E-state index in [2.05, 4.69) is 30.6 Å². The van der Waals surface area contributed by atoms with Gasteiger partial charge in [-0.05, 0) is 46.4 Å². The predicted octanol–water partition coefficient (Wildman–Crippen LogP) is 2.12. The van der Waals surface area contributed by atoms with E-state index in [0.717, 1.165) is 51.9 Å². The number of aromatic nitrogens is 4. The van der Waals surface area contributed by atoms with Crippen LogP contribution in [0, 0.1) is 5.41 Å². The molecule has 33 heavy (non-hydrogen) atoms. The fourth-order valence-electron chi connectivity index (χ4n) is 4.31. The van der Waals surface area contributed by atoms with Gasteiger partial charge in [-0.15, -0.1) is 0 Å². The largest absolute Gasteiger partial charge is 0.309 e. The quantitative estimate of drug-likeness (QED) is 0.505. The molecule has 0 spiro atoms. The molecule has 2 aromatic rings. The summed E-state index contributed by atoms with van der Waals surface area (Å²) < 4.78 is 3.65. The van der Waals surface area contributed by atoms with Gasteiger partial charge in [0.05, 0.1) is 13.1 Å². The molecule has 10 nitrogen and oxygen atoms in total. The van der Waals surface area contributed by atoms with Crippen LogP contribution in [0.25, 0.3) is 0 Å². The van der Waals surface area contributed by atoms with Crippen LogP contribution in [-0.4, -0.2) is 82.5 Å². The van der Waals surface area contributed by atoms with Crippen LogP contribution in [-0.2, 0) is 22.7 Å². The lowest BCUT2D eigenvalue weighted by Crippen LogP contribution is -2.30. The number of rotatable bonds is 12. The maximum absolute atomic E-state index is 12.8. The Balaban J connectivity index is 1.52. The molecule has 0 unspecified atom stereocenters. The van der Waals surface area contributed by atoms with Crippen molar-refractivity contribution in [2.45, 2.75) is 51.6 Å². The fourth-order valence-corrected chi connectivity index (χ4v) is 4.31. The van der Waals surface area contributed by atoms with Crippen molar-refractivity contribution in [3.05, 3.63) is 24.5 Å². The minimum absolute atomic E-state index is 0.0875. The first-order valence-electron chi connectivity index (χ1n) is 11.7. The van der Waals surface area contributed by atoms with Gasteiger partial charge in [0.2, 0.25) is 11.8 Å². The van der Waals surface area contributed by atoms with Crippen LogP contribution in [0.2, 0.25) is 0 Å². The summed E-state index contributed by atoms with van der Waals surface area (Å²) in [5, 5.41) is 14.7. The number of likely N-dealkylation sites (N-methyl/N-ethyl adjacent to an activating group) is 2. The lowest BCUT2D eigenvalue weighted by Gasteiger charge is -2.27. The zero-order valence-electron chi connectivity index (χ0n) is 20.4. The second kappa shape index (κ2) is 11.4. The number of carbonyl (C=O) groups is 2. The Morgan fingerprint density at radius 1 is 0.848 bits per heavy atom. The highest BCUT2D eigenvalue weighted by molar-refractivity contribution is 5.93.